The van der Waals surface area contributed by atoms with Gasteiger partial charge in [-0.3, -0.25) is 0 Å². The molecule has 1 aliphatic carbocycles. The van der Waals surface area contributed by atoms with Crippen LogP contribution >= 0.6 is 0 Å². The predicted octanol–water partition coefficient (Wildman–Crippen LogP) is 3.56. The highest BCUT2D eigenvalue weighted by Crippen LogP contribution is 2.32. The minimum atomic E-state index is -0.103. The second-order valence-electron chi connectivity index (χ2n) is 5.81. The van der Waals surface area contributed by atoms with Gasteiger partial charge < -0.3 is 10.2 Å². The van der Waals surface area contributed by atoms with Gasteiger partial charge in [-0.25, -0.2) is 4.39 Å². The quantitative estimate of drug-likeness (QED) is 0.894. The average molecular weight is 264 g/mol. The van der Waals surface area contributed by atoms with Crippen molar-refractivity contribution in [3.63, 3.8) is 0 Å². The molecule has 0 amide bonds. The van der Waals surface area contributed by atoms with Crippen molar-refractivity contribution < 1.29 is 4.39 Å². The fourth-order valence-electron chi connectivity index (χ4n) is 3.22. The van der Waals surface area contributed by atoms with Crippen LogP contribution in [0.4, 0.5) is 10.1 Å². The van der Waals surface area contributed by atoms with E-state index in [2.05, 4.69) is 17.1 Å². The Labute approximate surface area is 116 Å². The normalized spacial score (nSPS) is 23.4. The van der Waals surface area contributed by atoms with Crippen molar-refractivity contribution >= 4 is 5.69 Å². The summed E-state index contributed by atoms with van der Waals surface area (Å²) in [6, 6.07) is 5.84. The third kappa shape index (κ3) is 3.27. The highest BCUT2D eigenvalue weighted by Gasteiger charge is 2.25. The molecule has 1 aromatic rings. The van der Waals surface area contributed by atoms with E-state index in [0.717, 1.165) is 17.2 Å². The van der Waals surface area contributed by atoms with E-state index >= 15 is 0 Å². The van der Waals surface area contributed by atoms with Crippen LogP contribution in [0, 0.1) is 11.7 Å². The molecular formula is C16H25FN2. The molecule has 1 aromatic carbocycles. The van der Waals surface area contributed by atoms with E-state index in [-0.39, 0.29) is 5.82 Å². The van der Waals surface area contributed by atoms with Crippen LogP contribution in [0.5, 0.6) is 0 Å². The fourth-order valence-corrected chi connectivity index (χ4v) is 3.22. The largest absolute Gasteiger partial charge is 0.369 e. The topological polar surface area (TPSA) is 15.3 Å². The summed E-state index contributed by atoms with van der Waals surface area (Å²) < 4.78 is 14.2. The monoisotopic (exact) mass is 264 g/mol. The van der Waals surface area contributed by atoms with Crippen molar-refractivity contribution in [2.24, 2.45) is 5.92 Å². The van der Waals surface area contributed by atoms with Crippen LogP contribution in [-0.2, 0) is 6.54 Å². The van der Waals surface area contributed by atoms with Crippen LogP contribution in [-0.4, -0.2) is 20.1 Å². The van der Waals surface area contributed by atoms with Gasteiger partial charge in [0.2, 0.25) is 0 Å². The third-order valence-electron chi connectivity index (χ3n) is 4.25. The van der Waals surface area contributed by atoms with Crippen LogP contribution in [0.1, 0.15) is 38.2 Å². The molecule has 19 heavy (non-hydrogen) atoms. The lowest BCUT2D eigenvalue weighted by Gasteiger charge is -2.36. The van der Waals surface area contributed by atoms with Crippen molar-refractivity contribution in [3.05, 3.63) is 29.6 Å². The summed E-state index contributed by atoms with van der Waals surface area (Å²) in [5, 5.41) is 3.12. The number of benzene rings is 1. The van der Waals surface area contributed by atoms with E-state index < -0.39 is 0 Å². The third-order valence-corrected chi connectivity index (χ3v) is 4.25. The number of hydrogen-bond donors (Lipinski definition) is 1. The molecular weight excluding hydrogens is 239 g/mol. The van der Waals surface area contributed by atoms with Crippen LogP contribution in [0.15, 0.2) is 18.2 Å². The second-order valence-corrected chi connectivity index (χ2v) is 5.81. The van der Waals surface area contributed by atoms with Crippen LogP contribution in [0.2, 0.25) is 0 Å². The predicted molar refractivity (Wildman–Crippen MR) is 79.0 cm³/mol. The Morgan fingerprint density at radius 1 is 1.37 bits per heavy atom. The van der Waals surface area contributed by atoms with Gasteiger partial charge in [0.05, 0.1) is 5.69 Å². The van der Waals surface area contributed by atoms with Gasteiger partial charge in [0.15, 0.2) is 0 Å². The molecule has 1 fully saturated rings. The maximum atomic E-state index is 14.2. The summed E-state index contributed by atoms with van der Waals surface area (Å²) in [4.78, 5) is 2.16. The van der Waals surface area contributed by atoms with E-state index in [1.54, 1.807) is 12.1 Å². The summed E-state index contributed by atoms with van der Waals surface area (Å²) in [5.41, 5.74) is 1.82. The van der Waals surface area contributed by atoms with Crippen LogP contribution in [0.3, 0.4) is 0 Å². The molecule has 2 rings (SSSR count). The Morgan fingerprint density at radius 2 is 2.16 bits per heavy atom. The summed E-state index contributed by atoms with van der Waals surface area (Å²) in [6.45, 7) is 3.01. The molecule has 2 atom stereocenters. The van der Waals surface area contributed by atoms with Gasteiger partial charge in [-0.1, -0.05) is 31.9 Å². The zero-order chi connectivity index (χ0) is 13.8. The molecule has 0 heterocycles. The number of rotatable bonds is 4. The molecule has 2 nitrogen and oxygen atoms in total. The van der Waals surface area contributed by atoms with Crippen molar-refractivity contribution in [2.45, 2.75) is 45.2 Å². The van der Waals surface area contributed by atoms with Gasteiger partial charge in [0, 0.05) is 19.6 Å². The van der Waals surface area contributed by atoms with E-state index in [0.29, 0.717) is 12.6 Å². The molecule has 0 aliphatic heterocycles. The molecule has 1 saturated carbocycles. The lowest BCUT2D eigenvalue weighted by molar-refractivity contribution is 0.335. The molecule has 0 saturated heterocycles. The highest BCUT2D eigenvalue weighted by atomic mass is 19.1. The zero-order valence-electron chi connectivity index (χ0n) is 12.2. The number of nitrogens with zero attached hydrogens (tertiary/aromatic N) is 1. The molecule has 3 heteroatoms. The smallest absolute Gasteiger partial charge is 0.146 e. The van der Waals surface area contributed by atoms with Crippen LogP contribution < -0.4 is 10.2 Å². The Hall–Kier alpha value is -1.09. The first kappa shape index (κ1) is 14.3. The van der Waals surface area contributed by atoms with Crippen molar-refractivity contribution in [1.82, 2.24) is 5.32 Å². The maximum Gasteiger partial charge on any atom is 0.146 e. The van der Waals surface area contributed by atoms with Gasteiger partial charge in [0.1, 0.15) is 5.82 Å². The van der Waals surface area contributed by atoms with Crippen LogP contribution in [0.25, 0.3) is 0 Å². The number of nitrogens with one attached hydrogen (secondary N) is 1. The first-order valence-corrected chi connectivity index (χ1v) is 7.28. The van der Waals surface area contributed by atoms with Gasteiger partial charge >= 0.3 is 0 Å². The number of anilines is 1. The van der Waals surface area contributed by atoms with Gasteiger partial charge in [0.25, 0.3) is 0 Å². The molecule has 2 unspecified atom stereocenters. The lowest BCUT2D eigenvalue weighted by atomic mass is 9.86. The fraction of sp³-hybridized carbons (Fsp3) is 0.625. The van der Waals surface area contributed by atoms with E-state index in [4.69, 9.17) is 0 Å². The van der Waals surface area contributed by atoms with E-state index in [9.17, 15) is 4.39 Å². The summed E-state index contributed by atoms with van der Waals surface area (Å²) in [6.07, 6.45) is 4.91. The standard InChI is InChI=1S/C16H25FN2/c1-12-6-4-8-14(10-12)19(3)16-13(11-18-2)7-5-9-15(16)17/h5,7,9,12,14,18H,4,6,8,10-11H2,1-3H3. The van der Waals surface area contributed by atoms with E-state index in [1.165, 1.54) is 25.7 Å². The molecule has 1 aliphatic rings. The first-order chi connectivity index (χ1) is 9.13. The van der Waals surface area contributed by atoms with Crippen molar-refractivity contribution in [1.29, 1.82) is 0 Å². The zero-order valence-corrected chi connectivity index (χ0v) is 12.2. The first-order valence-electron chi connectivity index (χ1n) is 7.28. The maximum absolute atomic E-state index is 14.2. The molecule has 0 radical (unpaired) electrons. The molecule has 106 valence electrons. The number of hydrogen-bond acceptors (Lipinski definition) is 2. The summed E-state index contributed by atoms with van der Waals surface area (Å²) in [7, 11) is 3.94. The Bertz CT molecular complexity index is 419. The highest BCUT2D eigenvalue weighted by molar-refractivity contribution is 5.55. The Morgan fingerprint density at radius 3 is 2.84 bits per heavy atom. The Kier molecular flexibility index (Phi) is 4.81. The minimum Gasteiger partial charge on any atom is -0.369 e. The lowest BCUT2D eigenvalue weighted by Crippen LogP contribution is -2.37. The Balaban J connectivity index is 2.24. The second kappa shape index (κ2) is 6.38. The van der Waals surface area contributed by atoms with Gasteiger partial charge in [-0.15, -0.1) is 0 Å². The number of para-hydroxylation sites is 1. The average Bonchev–Trinajstić information content (AvgIpc) is 2.39. The molecule has 0 bridgehead atoms. The molecule has 0 aromatic heterocycles. The number of halogens is 1. The van der Waals surface area contributed by atoms with Gasteiger partial charge in [-0.2, -0.15) is 0 Å². The molecule has 1 N–H and O–H groups in total. The summed E-state index contributed by atoms with van der Waals surface area (Å²) in [5.74, 6) is 0.647. The molecule has 0 spiro atoms. The summed E-state index contributed by atoms with van der Waals surface area (Å²) >= 11 is 0. The minimum absolute atomic E-state index is 0.103. The van der Waals surface area contributed by atoms with Gasteiger partial charge in [-0.05, 0) is 37.4 Å². The van der Waals surface area contributed by atoms with Crippen molar-refractivity contribution in [2.75, 3.05) is 19.0 Å². The SMILES string of the molecule is CNCc1cccc(F)c1N(C)C1CCCC(C)C1. The van der Waals surface area contributed by atoms with Crippen molar-refractivity contribution in [3.8, 4) is 0 Å². The van der Waals surface area contributed by atoms with E-state index in [1.807, 2.05) is 20.2 Å².